The van der Waals surface area contributed by atoms with Gasteiger partial charge in [-0.3, -0.25) is 19.3 Å². The van der Waals surface area contributed by atoms with Crippen LogP contribution in [-0.2, 0) is 14.4 Å². The van der Waals surface area contributed by atoms with Gasteiger partial charge in [0.05, 0.1) is 12.0 Å². The Hall–Kier alpha value is -2.06. The third kappa shape index (κ3) is 4.02. The highest BCUT2D eigenvalue weighted by atomic mass is 32.2. The van der Waals surface area contributed by atoms with Gasteiger partial charge in [-0.1, -0.05) is 0 Å². The zero-order chi connectivity index (χ0) is 18.7. The summed E-state index contributed by atoms with van der Waals surface area (Å²) in [6.45, 7) is 1.35. The zero-order valence-electron chi connectivity index (χ0n) is 14.6. The van der Waals surface area contributed by atoms with Gasteiger partial charge in [-0.2, -0.15) is 11.8 Å². The Morgan fingerprint density at radius 1 is 1.38 bits per heavy atom. The quantitative estimate of drug-likeness (QED) is 0.724. The highest BCUT2D eigenvalue weighted by molar-refractivity contribution is 7.99. The minimum absolute atomic E-state index is 0.0295. The van der Waals surface area contributed by atoms with Gasteiger partial charge in [0.2, 0.25) is 17.7 Å². The number of aliphatic hydroxyl groups excluding tert-OH is 1. The number of thioether (sulfide) groups is 1. The topological polar surface area (TPSA) is 95.9 Å². The van der Waals surface area contributed by atoms with Crippen LogP contribution in [0.3, 0.4) is 0 Å². The lowest BCUT2D eigenvalue weighted by Crippen LogP contribution is -2.41. The van der Waals surface area contributed by atoms with Crippen molar-refractivity contribution < 1.29 is 24.2 Å². The normalized spacial score (nSPS) is 23.5. The number of nitrogens with one attached hydrogen (secondary N) is 1. The second-order valence-corrected chi connectivity index (χ2v) is 7.84. The van der Waals surface area contributed by atoms with Crippen molar-refractivity contribution in [1.29, 1.82) is 0 Å². The monoisotopic (exact) mass is 378 g/mol. The van der Waals surface area contributed by atoms with Crippen LogP contribution in [0.25, 0.3) is 0 Å². The van der Waals surface area contributed by atoms with E-state index in [1.165, 1.54) is 11.8 Å². The number of nitrogens with zero attached hydrogens (tertiary/aromatic N) is 1. The number of rotatable bonds is 6. The number of ether oxygens (including phenoxy) is 1. The summed E-state index contributed by atoms with van der Waals surface area (Å²) in [5.41, 5.74) is 0.0976. The number of benzene rings is 1. The number of imide groups is 1. The molecule has 0 unspecified atom stereocenters. The van der Waals surface area contributed by atoms with Gasteiger partial charge in [0.1, 0.15) is 18.5 Å². The lowest BCUT2D eigenvalue weighted by atomic mass is 9.86. The maximum absolute atomic E-state index is 12.6. The van der Waals surface area contributed by atoms with Gasteiger partial charge in [0.25, 0.3) is 0 Å². The second kappa shape index (κ2) is 7.67. The number of β-amino-alcohol motifs (C(OH)–C–C–N with tert-alkyl or cyclic N) is 1. The van der Waals surface area contributed by atoms with E-state index < -0.39 is 11.5 Å². The van der Waals surface area contributed by atoms with E-state index in [1.54, 1.807) is 36.0 Å². The van der Waals surface area contributed by atoms with Crippen LogP contribution in [0.2, 0.25) is 0 Å². The van der Waals surface area contributed by atoms with Gasteiger partial charge in [0, 0.05) is 24.8 Å². The number of anilines is 1. The zero-order valence-corrected chi connectivity index (χ0v) is 15.4. The van der Waals surface area contributed by atoms with Crippen LogP contribution in [-0.4, -0.2) is 58.5 Å². The highest BCUT2D eigenvalue weighted by Crippen LogP contribution is 2.44. The molecule has 0 aromatic heterocycles. The van der Waals surface area contributed by atoms with E-state index in [2.05, 4.69) is 5.32 Å². The first-order valence-electron chi connectivity index (χ1n) is 8.51. The predicted octanol–water partition coefficient (Wildman–Crippen LogP) is 1.27. The van der Waals surface area contributed by atoms with E-state index in [-0.39, 0.29) is 37.3 Å². The molecule has 26 heavy (non-hydrogen) atoms. The molecule has 0 saturated carbocycles. The highest BCUT2D eigenvalue weighted by Gasteiger charge is 2.53. The summed E-state index contributed by atoms with van der Waals surface area (Å²) in [6, 6.07) is 6.74. The smallest absolute Gasteiger partial charge is 0.236 e. The third-order valence-electron chi connectivity index (χ3n) is 4.60. The maximum atomic E-state index is 12.6. The summed E-state index contributed by atoms with van der Waals surface area (Å²) in [7, 11) is 0. The lowest BCUT2D eigenvalue weighted by Gasteiger charge is -2.22. The van der Waals surface area contributed by atoms with Crippen LogP contribution in [0.4, 0.5) is 5.69 Å². The van der Waals surface area contributed by atoms with Crippen molar-refractivity contribution in [3.8, 4) is 5.75 Å². The van der Waals surface area contributed by atoms with Crippen molar-refractivity contribution in [1.82, 2.24) is 4.90 Å². The van der Waals surface area contributed by atoms with Crippen molar-refractivity contribution in [2.75, 3.05) is 30.0 Å². The van der Waals surface area contributed by atoms with E-state index in [0.717, 1.165) is 12.2 Å². The van der Waals surface area contributed by atoms with Crippen LogP contribution in [0.5, 0.6) is 5.75 Å². The Balaban J connectivity index is 1.51. The van der Waals surface area contributed by atoms with E-state index in [9.17, 15) is 19.5 Å². The van der Waals surface area contributed by atoms with E-state index in [4.69, 9.17) is 4.74 Å². The summed E-state index contributed by atoms with van der Waals surface area (Å²) in [5, 5.41) is 12.8. The fraction of sp³-hybridized carbons (Fsp3) is 0.500. The fourth-order valence-corrected chi connectivity index (χ4v) is 4.69. The predicted molar refractivity (Wildman–Crippen MR) is 98.0 cm³/mol. The molecule has 140 valence electrons. The standard InChI is InChI=1S/C18H22N2O5S/c1-12(21)19-13-2-4-15(5-3-13)25-10-14(22)9-20-16(23)8-18(17(20)24)6-7-26-11-18/h2-5,14,22H,6-11H2,1H3,(H,19,21)/t14-,18-/m1/s1. The average molecular weight is 378 g/mol. The number of aliphatic hydroxyl groups is 1. The number of hydrogen-bond acceptors (Lipinski definition) is 6. The lowest BCUT2D eigenvalue weighted by molar-refractivity contribution is -0.142. The summed E-state index contributed by atoms with van der Waals surface area (Å²) in [4.78, 5) is 36.9. The molecule has 7 nitrogen and oxygen atoms in total. The molecule has 3 amide bonds. The maximum Gasteiger partial charge on any atom is 0.236 e. The van der Waals surface area contributed by atoms with Crippen LogP contribution in [0, 0.1) is 5.41 Å². The number of amides is 3. The molecule has 2 N–H and O–H groups in total. The van der Waals surface area contributed by atoms with E-state index in [1.807, 2.05) is 0 Å². The van der Waals surface area contributed by atoms with Gasteiger partial charge in [-0.25, -0.2) is 0 Å². The molecule has 1 spiro atoms. The Kier molecular flexibility index (Phi) is 5.52. The van der Waals surface area contributed by atoms with Crippen LogP contribution < -0.4 is 10.1 Å². The molecule has 2 aliphatic rings. The van der Waals surface area contributed by atoms with Crippen LogP contribution in [0.15, 0.2) is 24.3 Å². The fourth-order valence-electron chi connectivity index (χ4n) is 3.25. The van der Waals surface area contributed by atoms with Crippen molar-refractivity contribution in [3.05, 3.63) is 24.3 Å². The van der Waals surface area contributed by atoms with Gasteiger partial charge in [-0.05, 0) is 36.4 Å². The molecule has 1 aromatic carbocycles. The van der Waals surface area contributed by atoms with Crippen molar-refractivity contribution in [2.45, 2.75) is 25.9 Å². The first-order valence-corrected chi connectivity index (χ1v) is 9.66. The van der Waals surface area contributed by atoms with E-state index >= 15 is 0 Å². The number of carbonyl (C=O) groups excluding carboxylic acids is 3. The first-order chi connectivity index (χ1) is 12.4. The minimum Gasteiger partial charge on any atom is -0.491 e. The first kappa shape index (κ1) is 18.7. The molecule has 2 heterocycles. The van der Waals surface area contributed by atoms with Crippen molar-refractivity contribution in [2.24, 2.45) is 5.41 Å². The average Bonchev–Trinajstić information content (AvgIpc) is 3.15. The molecule has 8 heteroatoms. The van der Waals surface area contributed by atoms with Gasteiger partial charge in [-0.15, -0.1) is 0 Å². The summed E-state index contributed by atoms with van der Waals surface area (Å²) in [5.74, 6) is 1.57. The molecule has 0 bridgehead atoms. The Morgan fingerprint density at radius 3 is 2.73 bits per heavy atom. The van der Waals surface area contributed by atoms with Crippen LogP contribution in [0.1, 0.15) is 19.8 Å². The molecule has 0 radical (unpaired) electrons. The summed E-state index contributed by atoms with van der Waals surface area (Å²) < 4.78 is 5.51. The molecule has 2 fully saturated rings. The molecular weight excluding hydrogens is 356 g/mol. The second-order valence-electron chi connectivity index (χ2n) is 6.74. The molecule has 2 atom stereocenters. The number of hydrogen-bond donors (Lipinski definition) is 2. The van der Waals surface area contributed by atoms with Crippen molar-refractivity contribution in [3.63, 3.8) is 0 Å². The molecule has 2 saturated heterocycles. The van der Waals surface area contributed by atoms with Gasteiger partial charge >= 0.3 is 0 Å². The molecule has 2 aliphatic heterocycles. The summed E-state index contributed by atoms with van der Waals surface area (Å²) in [6.07, 6.45) is 0.0188. The Labute approximate surface area is 156 Å². The van der Waals surface area contributed by atoms with Crippen LogP contribution >= 0.6 is 11.8 Å². The molecule has 3 rings (SSSR count). The molecule has 0 aliphatic carbocycles. The van der Waals surface area contributed by atoms with Crippen molar-refractivity contribution >= 4 is 35.2 Å². The summed E-state index contributed by atoms with van der Waals surface area (Å²) >= 11 is 1.70. The SMILES string of the molecule is CC(=O)Nc1ccc(OC[C@H](O)CN2C(=O)C[C@@]3(CCSC3)C2=O)cc1. The number of carbonyl (C=O) groups is 3. The van der Waals surface area contributed by atoms with Gasteiger partial charge in [0.15, 0.2) is 0 Å². The third-order valence-corrected chi connectivity index (χ3v) is 5.85. The Bertz CT molecular complexity index is 700. The minimum atomic E-state index is -0.956. The Morgan fingerprint density at radius 2 is 2.12 bits per heavy atom. The largest absolute Gasteiger partial charge is 0.491 e. The number of likely N-dealkylation sites (tertiary alicyclic amines) is 1. The van der Waals surface area contributed by atoms with E-state index in [0.29, 0.717) is 17.2 Å². The molecule has 1 aromatic rings. The van der Waals surface area contributed by atoms with Gasteiger partial charge < -0.3 is 15.2 Å². The molecular formula is C18H22N2O5S.